The number of nitrogens with one attached hydrogen (secondary N) is 1. The monoisotopic (exact) mass is 300 g/mol. The van der Waals surface area contributed by atoms with Gasteiger partial charge in [-0.05, 0) is 19.1 Å². The molecular formula is C14H14N5O3+. The van der Waals surface area contributed by atoms with Crippen LogP contribution in [0.15, 0.2) is 39.9 Å². The molecule has 0 radical (unpaired) electrons. The molecule has 0 saturated heterocycles. The smallest absolute Gasteiger partial charge is 0.287 e. The number of H-pyrrole nitrogens is 1. The summed E-state index contributed by atoms with van der Waals surface area (Å²) >= 11 is 0. The Balaban J connectivity index is 2.54. The second kappa shape index (κ2) is 5.06. The van der Waals surface area contributed by atoms with Gasteiger partial charge in [-0.2, -0.15) is 4.68 Å². The minimum Gasteiger partial charge on any atom is -0.287 e. The summed E-state index contributed by atoms with van der Waals surface area (Å²) in [5.74, 6) is 0.110. The van der Waals surface area contributed by atoms with E-state index < -0.39 is 11.2 Å². The van der Waals surface area contributed by atoms with E-state index in [0.717, 1.165) is 4.57 Å². The van der Waals surface area contributed by atoms with E-state index in [1.807, 2.05) is 13.0 Å². The van der Waals surface area contributed by atoms with Crippen molar-refractivity contribution in [3.63, 3.8) is 0 Å². The van der Waals surface area contributed by atoms with Crippen LogP contribution in [-0.2, 0) is 13.6 Å². The van der Waals surface area contributed by atoms with Crippen LogP contribution in [0.2, 0.25) is 0 Å². The quantitative estimate of drug-likeness (QED) is 0.675. The number of nitrogens with zero attached hydrogens (tertiary/aromatic N) is 4. The summed E-state index contributed by atoms with van der Waals surface area (Å²) in [6.45, 7) is 2.21. The van der Waals surface area contributed by atoms with Crippen LogP contribution < -0.4 is 15.7 Å². The largest absolute Gasteiger partial charge is 0.399 e. The summed E-state index contributed by atoms with van der Waals surface area (Å²) in [5.41, 5.74) is -0.678. The van der Waals surface area contributed by atoms with E-state index in [9.17, 15) is 14.5 Å². The average Bonchev–Trinajstić information content (AvgIpc) is 2.53. The molecule has 0 amide bonds. The van der Waals surface area contributed by atoms with Crippen molar-refractivity contribution in [2.24, 2.45) is 7.05 Å². The number of rotatable bonds is 2. The minimum absolute atomic E-state index is 0.110. The first-order valence-electron chi connectivity index (χ1n) is 6.76. The summed E-state index contributed by atoms with van der Waals surface area (Å²) in [7, 11) is 1.32. The lowest BCUT2D eigenvalue weighted by Gasteiger charge is -2.03. The summed E-state index contributed by atoms with van der Waals surface area (Å²) in [5, 5.41) is 4.25. The van der Waals surface area contributed by atoms with E-state index in [0.29, 0.717) is 16.5 Å². The fourth-order valence-electron chi connectivity index (χ4n) is 2.27. The van der Waals surface area contributed by atoms with Crippen molar-refractivity contribution < 1.29 is 4.43 Å². The molecule has 1 N–H and O–H groups in total. The molecule has 0 aliphatic rings. The maximum Gasteiger partial charge on any atom is 0.399 e. The SMILES string of the molecule is CCn1nc(-c2ccccc2)[n+](=O)c2c(=O)n(C)c(=O)[nH]c21. The van der Waals surface area contributed by atoms with Gasteiger partial charge in [0, 0.05) is 11.5 Å². The number of aromatic amines is 1. The van der Waals surface area contributed by atoms with Crippen LogP contribution in [0.4, 0.5) is 0 Å². The highest BCUT2D eigenvalue weighted by atomic mass is 16.3. The van der Waals surface area contributed by atoms with E-state index in [2.05, 4.69) is 10.1 Å². The summed E-state index contributed by atoms with van der Waals surface area (Å²) < 4.78 is 2.77. The van der Waals surface area contributed by atoms with Crippen LogP contribution in [-0.4, -0.2) is 19.3 Å². The molecule has 1 aromatic carbocycles. The lowest BCUT2D eigenvalue weighted by atomic mass is 10.2. The Labute approximate surface area is 123 Å². The van der Waals surface area contributed by atoms with Gasteiger partial charge in [-0.1, -0.05) is 23.1 Å². The molecule has 112 valence electrons. The molecule has 0 unspecified atom stereocenters. The number of benzene rings is 1. The summed E-state index contributed by atoms with van der Waals surface area (Å²) in [6.07, 6.45) is 0. The zero-order valence-corrected chi connectivity index (χ0v) is 12.1. The van der Waals surface area contributed by atoms with Gasteiger partial charge in [-0.3, -0.25) is 14.3 Å². The molecule has 3 rings (SSSR count). The van der Waals surface area contributed by atoms with Gasteiger partial charge in [0.25, 0.3) is 5.52 Å². The minimum atomic E-state index is -0.657. The lowest BCUT2D eigenvalue weighted by Crippen LogP contribution is -2.40. The van der Waals surface area contributed by atoms with E-state index in [-0.39, 0.29) is 17.0 Å². The molecule has 2 heterocycles. The van der Waals surface area contributed by atoms with E-state index in [1.54, 1.807) is 24.3 Å². The number of hydrogen-bond acceptors (Lipinski definition) is 4. The van der Waals surface area contributed by atoms with Gasteiger partial charge in [0.2, 0.25) is 5.65 Å². The van der Waals surface area contributed by atoms with E-state index in [4.69, 9.17) is 0 Å². The van der Waals surface area contributed by atoms with E-state index in [1.165, 1.54) is 11.7 Å². The molecule has 0 saturated carbocycles. The first-order valence-corrected chi connectivity index (χ1v) is 6.76. The number of hydrogen-bond donors (Lipinski definition) is 1. The van der Waals surface area contributed by atoms with Crippen LogP contribution in [0.25, 0.3) is 22.6 Å². The normalized spacial score (nSPS) is 11.0. The van der Waals surface area contributed by atoms with Crippen molar-refractivity contribution in [1.29, 1.82) is 0 Å². The molecule has 22 heavy (non-hydrogen) atoms. The number of aryl methyl sites for hydroxylation is 1. The Hall–Kier alpha value is -3.03. The zero-order chi connectivity index (χ0) is 15.9. The van der Waals surface area contributed by atoms with E-state index >= 15 is 0 Å². The van der Waals surface area contributed by atoms with Crippen LogP contribution in [0.1, 0.15) is 6.92 Å². The Kier molecular flexibility index (Phi) is 3.21. The molecule has 0 atom stereocenters. The standard InChI is InChI=1S/C14H13N5O3/c1-3-18-12-10(13(20)17(2)14(21)15-12)19(22)11(16-18)9-7-5-4-6-8-9/h4-8H,3H2,1-2H3/p+1. The third kappa shape index (κ3) is 1.96. The fourth-order valence-corrected chi connectivity index (χ4v) is 2.27. The van der Waals surface area contributed by atoms with Gasteiger partial charge in [0.05, 0.1) is 17.2 Å². The van der Waals surface area contributed by atoms with Crippen molar-refractivity contribution in [3.05, 3.63) is 56.1 Å². The van der Waals surface area contributed by atoms with Crippen molar-refractivity contribution in [2.45, 2.75) is 13.5 Å². The first-order chi connectivity index (χ1) is 10.5. The molecule has 0 aliphatic heterocycles. The van der Waals surface area contributed by atoms with Crippen LogP contribution in [0.3, 0.4) is 0 Å². The van der Waals surface area contributed by atoms with Gasteiger partial charge in [-0.25, -0.2) is 4.79 Å². The Bertz CT molecular complexity index is 1030. The number of fused-ring (bicyclic) bond motifs is 1. The maximum atomic E-state index is 12.6. The first kappa shape index (κ1) is 13.9. The van der Waals surface area contributed by atoms with Crippen molar-refractivity contribution in [2.75, 3.05) is 0 Å². The Morgan fingerprint density at radius 2 is 1.91 bits per heavy atom. The molecule has 0 aliphatic carbocycles. The van der Waals surface area contributed by atoms with Gasteiger partial charge in [0.1, 0.15) is 0 Å². The van der Waals surface area contributed by atoms with Crippen LogP contribution >= 0.6 is 0 Å². The highest BCUT2D eigenvalue weighted by molar-refractivity contribution is 5.66. The Morgan fingerprint density at radius 1 is 1.23 bits per heavy atom. The molecule has 8 nitrogen and oxygen atoms in total. The van der Waals surface area contributed by atoms with Crippen molar-refractivity contribution >= 4 is 11.2 Å². The summed E-state index contributed by atoms with van der Waals surface area (Å²) in [4.78, 5) is 39.2. The van der Waals surface area contributed by atoms with Crippen molar-refractivity contribution in [1.82, 2.24) is 19.3 Å². The summed E-state index contributed by atoms with van der Waals surface area (Å²) in [6, 6.07) is 8.85. The van der Waals surface area contributed by atoms with Gasteiger partial charge in [-0.15, -0.1) is 0 Å². The fraction of sp³-hybridized carbons (Fsp3) is 0.214. The molecule has 3 aromatic rings. The third-order valence-electron chi connectivity index (χ3n) is 3.46. The zero-order valence-electron chi connectivity index (χ0n) is 12.1. The molecule has 8 heteroatoms. The average molecular weight is 300 g/mol. The van der Waals surface area contributed by atoms with Crippen molar-refractivity contribution in [3.8, 4) is 11.4 Å². The third-order valence-corrected chi connectivity index (χ3v) is 3.46. The second-order valence-electron chi connectivity index (χ2n) is 4.79. The Morgan fingerprint density at radius 3 is 2.55 bits per heavy atom. The maximum absolute atomic E-state index is 12.6. The molecule has 0 bridgehead atoms. The second-order valence-corrected chi connectivity index (χ2v) is 4.79. The lowest BCUT2D eigenvalue weighted by molar-refractivity contribution is -0.457. The van der Waals surface area contributed by atoms with Crippen LogP contribution in [0.5, 0.6) is 0 Å². The predicted molar refractivity (Wildman–Crippen MR) is 80.1 cm³/mol. The van der Waals surface area contributed by atoms with Gasteiger partial charge < -0.3 is 0 Å². The van der Waals surface area contributed by atoms with Gasteiger partial charge >= 0.3 is 17.1 Å². The molecule has 0 fully saturated rings. The topological polar surface area (TPSA) is 95.7 Å². The highest BCUT2D eigenvalue weighted by Crippen LogP contribution is 2.12. The number of aromatic nitrogens is 5. The predicted octanol–water partition coefficient (Wildman–Crippen LogP) is 0.0247. The van der Waals surface area contributed by atoms with Crippen LogP contribution in [0, 0.1) is 4.91 Å². The van der Waals surface area contributed by atoms with Gasteiger partial charge in [0.15, 0.2) is 0 Å². The molecular weight excluding hydrogens is 286 g/mol. The highest BCUT2D eigenvalue weighted by Gasteiger charge is 2.24. The molecule has 0 spiro atoms. The molecule has 2 aromatic heterocycles.